The molecule has 0 aliphatic carbocycles. The molecule has 6 nitrogen and oxygen atoms in total. The van der Waals surface area contributed by atoms with Gasteiger partial charge in [-0.25, -0.2) is 9.97 Å². The van der Waals surface area contributed by atoms with Gasteiger partial charge in [0.1, 0.15) is 23.0 Å². The SMILES string of the molecule is CCCCCCCCCCCCCCCCOc1ccc(-c2c3nc(c(-c4ccc(OCCCCCCCCCCCCCCCC)cc4)c4ccc(s4)c(-c4ccc(OCCCCCCCCCCCCCCCC)cc4)c4nc(c(-c5ccc(OCCCCCCCCCCCCCCCC)cc5)c5ccc2s5)-c2c-4c4ccccc4c4ccccc24)-c2c-3c3ccccc3c3ccccc23)cc1. The van der Waals surface area contributed by atoms with Crippen LogP contribution in [-0.2, 0) is 0 Å². The van der Waals surface area contributed by atoms with E-state index < -0.39 is 0 Å². The summed E-state index contributed by atoms with van der Waals surface area (Å²) in [5, 5.41) is 9.53. The molecule has 742 valence electrons. The number of fused-ring (bicyclic) bond motifs is 24. The third-order valence-electron chi connectivity index (χ3n) is 30.0. The Labute approximate surface area is 851 Å². The Balaban J connectivity index is 0.843. The highest BCUT2D eigenvalue weighted by Gasteiger charge is 2.33. The van der Waals surface area contributed by atoms with Gasteiger partial charge < -0.3 is 18.9 Å². The zero-order valence-corrected chi connectivity index (χ0v) is 88.2. The van der Waals surface area contributed by atoms with E-state index in [1.54, 1.807) is 0 Å². The van der Waals surface area contributed by atoms with Gasteiger partial charge in [-0.3, -0.25) is 0 Å². The maximum Gasteiger partial charge on any atom is 0.119 e. The highest BCUT2D eigenvalue weighted by atomic mass is 32.1. The van der Waals surface area contributed by atoms with Crippen molar-refractivity contribution in [1.82, 2.24) is 9.97 Å². The Morgan fingerprint density at radius 3 is 0.471 bits per heavy atom. The molecule has 0 amide bonds. The van der Waals surface area contributed by atoms with Gasteiger partial charge in [-0.15, -0.1) is 22.7 Å². The third-order valence-corrected chi connectivity index (χ3v) is 32.3. The van der Waals surface area contributed by atoms with Gasteiger partial charge in [0, 0.05) is 63.3 Å². The second-order valence-electron chi connectivity index (χ2n) is 41.0. The molecule has 0 unspecified atom stereocenters. The van der Waals surface area contributed by atoms with Crippen molar-refractivity contribution < 1.29 is 18.9 Å². The molecular formula is C132H168N2O4S2. The van der Waals surface area contributed by atoms with Crippen molar-refractivity contribution in [2.75, 3.05) is 26.4 Å². The number of thiophene rings is 2. The summed E-state index contributed by atoms with van der Waals surface area (Å²) in [5.74, 6) is 3.56. The van der Waals surface area contributed by atoms with Crippen LogP contribution in [0.1, 0.15) is 387 Å². The molecule has 0 atom stereocenters. The molecule has 13 aromatic rings. The van der Waals surface area contributed by atoms with Crippen molar-refractivity contribution in [2.24, 2.45) is 0 Å². The van der Waals surface area contributed by atoms with E-state index in [2.05, 4.69) is 246 Å². The lowest BCUT2D eigenvalue weighted by molar-refractivity contribution is 0.304. The summed E-state index contributed by atoms with van der Waals surface area (Å²) >= 11 is 3.70. The van der Waals surface area contributed by atoms with Crippen LogP contribution in [0.25, 0.3) is 151 Å². The average molecular weight is 1910 g/mol. The van der Waals surface area contributed by atoms with Crippen LogP contribution in [0.15, 0.2) is 218 Å². The standard InChI is InChI=1S/C132H168N2O4S2/c1-5-9-13-17-21-25-29-33-37-41-45-49-53-65-97-135-105-85-77-101(78-86-105)121-117-93-94-118(139-117)122(102-79-87-106(88-80-102)136-98-66-54-50-46-42-38-34-30-26-22-18-14-10-6-2)131-127-115-75-63-59-71-111(115)112-72-60-64-76-116(112)128(127)132(134-131)124(104-83-91-108(92-84-104)138-100-68-56-52-48-44-40-36-32-28-24-20-16-12-8-4)120-96-95-119(140-120)123(130-126-114-74-62-58-70-110(114)109-69-57-61-73-113(109)125(126)129(121)133-130)103-81-89-107(90-82-103)137-99-67-55-51-47-43-39-35-31-27-23-19-15-11-7-3/h57-64,69-96H,5-56,65-68,97-100H2,1-4H3. The van der Waals surface area contributed by atoms with Crippen LogP contribution in [0.4, 0.5) is 0 Å². The van der Waals surface area contributed by atoms with Crippen molar-refractivity contribution in [1.29, 1.82) is 0 Å². The number of unbranched alkanes of at least 4 members (excludes halogenated alkanes) is 52. The number of ether oxygens (including phenoxy) is 4. The van der Waals surface area contributed by atoms with E-state index >= 15 is 0 Å². The smallest absolute Gasteiger partial charge is 0.119 e. The largest absolute Gasteiger partial charge is 0.494 e. The first-order valence-electron chi connectivity index (χ1n) is 56.9. The maximum atomic E-state index is 6.77. The molecule has 3 aromatic heterocycles. The lowest BCUT2D eigenvalue weighted by Gasteiger charge is -2.15. The third kappa shape index (κ3) is 29.8. The molecule has 140 heavy (non-hydrogen) atoms. The summed E-state index contributed by atoms with van der Waals surface area (Å²) in [5.41, 5.74) is 17.0. The Morgan fingerprint density at radius 1 is 0.157 bits per heavy atom. The Morgan fingerprint density at radius 2 is 0.307 bits per heavy atom. The lowest BCUT2D eigenvalue weighted by Crippen LogP contribution is -1.97. The molecule has 10 aromatic carbocycles. The van der Waals surface area contributed by atoms with E-state index in [9.17, 15) is 0 Å². The van der Waals surface area contributed by atoms with E-state index in [4.69, 9.17) is 28.9 Å². The second-order valence-corrected chi connectivity index (χ2v) is 43.2. The Kier molecular flexibility index (Phi) is 44.0. The van der Waals surface area contributed by atoms with Gasteiger partial charge in [0.15, 0.2) is 0 Å². The first-order chi connectivity index (χ1) is 69.5. The molecule has 8 heteroatoms. The van der Waals surface area contributed by atoms with Crippen molar-refractivity contribution in [3.8, 4) is 113 Å². The quantitative estimate of drug-likeness (QED) is 0.0280. The van der Waals surface area contributed by atoms with Crippen LogP contribution in [-0.4, -0.2) is 36.4 Å². The molecule has 8 bridgehead atoms. The average Bonchev–Trinajstić information content (AvgIpc) is 1.54. The van der Waals surface area contributed by atoms with E-state index in [1.165, 1.54) is 377 Å². The van der Waals surface area contributed by atoms with E-state index in [-0.39, 0.29) is 0 Å². The molecule has 15 rings (SSSR count). The van der Waals surface area contributed by atoms with Crippen LogP contribution in [0.5, 0.6) is 23.0 Å². The zero-order chi connectivity index (χ0) is 96.0. The van der Waals surface area contributed by atoms with Gasteiger partial charge in [-0.1, -0.05) is 507 Å². The van der Waals surface area contributed by atoms with Crippen molar-refractivity contribution >= 4 is 84.6 Å². The molecule has 2 aliphatic rings. The number of rotatable bonds is 68. The highest BCUT2D eigenvalue weighted by Crippen LogP contribution is 2.58. The predicted octanol–water partition coefficient (Wildman–Crippen LogP) is 43.2. The Bertz CT molecular complexity index is 5310. The molecule has 5 heterocycles. The molecular weight excluding hydrogens is 1740 g/mol. The minimum absolute atomic E-state index is 0.692. The van der Waals surface area contributed by atoms with E-state index in [0.29, 0.717) is 26.4 Å². The predicted molar refractivity (Wildman–Crippen MR) is 612 cm³/mol. The number of hydrogen-bond donors (Lipinski definition) is 0. The van der Waals surface area contributed by atoms with Crippen LogP contribution in [0, 0.1) is 0 Å². The van der Waals surface area contributed by atoms with Crippen LogP contribution >= 0.6 is 22.7 Å². The number of aromatic nitrogens is 2. The summed E-state index contributed by atoms with van der Waals surface area (Å²) < 4.78 is 31.5. The van der Waals surface area contributed by atoms with Crippen LogP contribution in [0.2, 0.25) is 0 Å². The van der Waals surface area contributed by atoms with Gasteiger partial charge in [0.25, 0.3) is 0 Å². The van der Waals surface area contributed by atoms with Crippen LogP contribution in [0.3, 0.4) is 0 Å². The fourth-order valence-electron chi connectivity index (χ4n) is 22.1. The first kappa shape index (κ1) is 105. The van der Waals surface area contributed by atoms with Gasteiger partial charge in [-0.05, 0) is 164 Å². The zero-order valence-electron chi connectivity index (χ0n) is 86.6. The molecule has 0 N–H and O–H groups in total. The normalized spacial score (nSPS) is 11.9. The monoisotopic (exact) mass is 1910 g/mol. The summed E-state index contributed by atoms with van der Waals surface area (Å²) in [4.78, 5) is 12.9. The summed E-state index contributed by atoms with van der Waals surface area (Å²) in [6.45, 7) is 12.0. The topological polar surface area (TPSA) is 62.7 Å². The fraction of sp³-hybridized carbons (Fsp3) is 0.485. The Hall–Kier alpha value is -9.60. The van der Waals surface area contributed by atoms with Gasteiger partial charge in [-0.2, -0.15) is 0 Å². The minimum Gasteiger partial charge on any atom is -0.494 e. The van der Waals surface area contributed by atoms with Crippen LogP contribution < -0.4 is 18.9 Å². The van der Waals surface area contributed by atoms with Crippen molar-refractivity contribution in [3.63, 3.8) is 0 Å². The van der Waals surface area contributed by atoms with Gasteiger partial charge >= 0.3 is 0 Å². The number of hydrogen-bond acceptors (Lipinski definition) is 8. The number of nitrogens with zero attached hydrogens (tertiary/aromatic N) is 2. The lowest BCUT2D eigenvalue weighted by atomic mass is 9.87. The molecule has 0 fully saturated rings. The molecule has 0 saturated carbocycles. The van der Waals surface area contributed by atoms with E-state index in [0.717, 1.165) is 157 Å². The van der Waals surface area contributed by atoms with Gasteiger partial charge in [0.2, 0.25) is 0 Å². The van der Waals surface area contributed by atoms with Crippen molar-refractivity contribution in [2.45, 2.75) is 387 Å². The fourth-order valence-corrected chi connectivity index (χ4v) is 24.3. The van der Waals surface area contributed by atoms with Crippen molar-refractivity contribution in [3.05, 3.63) is 218 Å². The van der Waals surface area contributed by atoms with E-state index in [1.807, 2.05) is 22.7 Å². The molecule has 0 spiro atoms. The summed E-state index contributed by atoms with van der Waals surface area (Å²) in [6.07, 6.45) is 74.3. The summed E-state index contributed by atoms with van der Waals surface area (Å²) in [6, 6.07) is 82.5. The maximum absolute atomic E-state index is 6.77. The second kappa shape index (κ2) is 58.8. The molecule has 2 aliphatic heterocycles. The molecule has 0 radical (unpaired) electrons. The summed E-state index contributed by atoms with van der Waals surface area (Å²) in [7, 11) is 0. The first-order valence-corrected chi connectivity index (χ1v) is 58.6. The highest BCUT2D eigenvalue weighted by molar-refractivity contribution is 7.25. The molecule has 0 saturated heterocycles. The number of benzene rings is 10. The minimum atomic E-state index is 0.692. The van der Waals surface area contributed by atoms with Gasteiger partial charge in [0.05, 0.1) is 49.2 Å².